The number of aromatic nitrogens is 1. The van der Waals surface area contributed by atoms with E-state index in [1.54, 1.807) is 18.5 Å². The van der Waals surface area contributed by atoms with Crippen LogP contribution in [-0.4, -0.2) is 28.1 Å². The fourth-order valence-corrected chi connectivity index (χ4v) is 3.70. The number of aliphatic hydroxyl groups excluding tert-OH is 1. The number of rotatable bonds is 11. The minimum atomic E-state index is -0.600. The predicted molar refractivity (Wildman–Crippen MR) is 138 cm³/mol. The number of hydrogen-bond donors (Lipinski definition) is 4. The molecule has 178 valence electrons. The zero-order valence-corrected chi connectivity index (χ0v) is 19.1. The first kappa shape index (κ1) is 23.9. The quantitative estimate of drug-likeness (QED) is 0.143. The van der Waals surface area contributed by atoms with Gasteiger partial charge in [0.1, 0.15) is 0 Å². The molecule has 35 heavy (non-hydrogen) atoms. The van der Waals surface area contributed by atoms with Gasteiger partial charge in [0.05, 0.1) is 11.0 Å². The second-order valence-corrected chi connectivity index (χ2v) is 8.09. The molecule has 1 atom stereocenters. The second-order valence-electron chi connectivity index (χ2n) is 8.09. The molecule has 0 saturated carbocycles. The molecule has 4 aromatic rings. The Morgan fingerprint density at radius 1 is 0.971 bits per heavy atom. The number of pyridine rings is 1. The van der Waals surface area contributed by atoms with Gasteiger partial charge in [0.15, 0.2) is 5.82 Å². The van der Waals surface area contributed by atoms with Crippen molar-refractivity contribution in [2.75, 3.05) is 23.7 Å². The van der Waals surface area contributed by atoms with Crippen LogP contribution in [0.15, 0.2) is 103 Å². The molecule has 0 aliphatic carbocycles. The highest BCUT2D eigenvalue weighted by Gasteiger charge is 2.08. The van der Waals surface area contributed by atoms with E-state index in [-0.39, 0.29) is 5.82 Å². The van der Waals surface area contributed by atoms with Crippen LogP contribution < -0.4 is 16.0 Å². The third-order valence-electron chi connectivity index (χ3n) is 5.49. The van der Waals surface area contributed by atoms with Gasteiger partial charge in [-0.15, -0.1) is 0 Å². The zero-order chi connectivity index (χ0) is 24.5. The summed E-state index contributed by atoms with van der Waals surface area (Å²) in [6.45, 7) is 1.15. The Morgan fingerprint density at radius 2 is 1.71 bits per heavy atom. The highest BCUT2D eigenvalue weighted by molar-refractivity contribution is 5.86. The monoisotopic (exact) mass is 469 g/mol. The van der Waals surface area contributed by atoms with Crippen molar-refractivity contribution in [3.8, 4) is 0 Å². The summed E-state index contributed by atoms with van der Waals surface area (Å²) in [5, 5.41) is 32.9. The number of hydrogen-bond acceptors (Lipinski definition) is 7. The number of benzene rings is 3. The van der Waals surface area contributed by atoms with Crippen LogP contribution in [0.4, 0.5) is 11.4 Å². The van der Waals surface area contributed by atoms with Crippen molar-refractivity contribution in [3.05, 3.63) is 125 Å². The lowest BCUT2D eigenvalue weighted by Crippen LogP contribution is -2.23. The topological polar surface area (TPSA) is 112 Å². The summed E-state index contributed by atoms with van der Waals surface area (Å²) in [4.78, 5) is 14.7. The summed E-state index contributed by atoms with van der Waals surface area (Å²) < 4.78 is 0. The summed E-state index contributed by atoms with van der Waals surface area (Å²) in [7, 11) is 0. The van der Waals surface area contributed by atoms with E-state index >= 15 is 0 Å². The molecule has 0 radical (unpaired) electrons. The van der Waals surface area contributed by atoms with Crippen molar-refractivity contribution in [3.63, 3.8) is 0 Å². The van der Waals surface area contributed by atoms with Crippen LogP contribution >= 0.6 is 0 Å². The molecular weight excluding hydrogens is 442 g/mol. The van der Waals surface area contributed by atoms with Crippen molar-refractivity contribution in [2.45, 2.75) is 12.5 Å². The molecular formula is C27H27N5O3. The first-order valence-corrected chi connectivity index (χ1v) is 11.3. The molecule has 8 heteroatoms. The summed E-state index contributed by atoms with van der Waals surface area (Å²) >= 11 is 0. The highest BCUT2D eigenvalue weighted by Crippen LogP contribution is 2.21. The number of nitro groups is 1. The molecule has 0 fully saturated rings. The molecule has 4 rings (SSSR count). The minimum absolute atomic E-state index is 0.268. The Hall–Kier alpha value is -4.27. The zero-order valence-electron chi connectivity index (χ0n) is 19.1. The molecule has 0 bridgehead atoms. The Kier molecular flexibility index (Phi) is 8.00. The van der Waals surface area contributed by atoms with E-state index in [9.17, 15) is 15.2 Å². The van der Waals surface area contributed by atoms with E-state index < -0.39 is 11.0 Å². The highest BCUT2D eigenvalue weighted by atomic mass is 16.6. The molecule has 4 N–H and O–H groups in total. The van der Waals surface area contributed by atoms with Crippen molar-refractivity contribution < 1.29 is 10.0 Å². The molecule has 0 spiro atoms. The van der Waals surface area contributed by atoms with E-state index in [0.29, 0.717) is 13.1 Å². The fraction of sp³-hybridized carbons (Fsp3) is 0.148. The first-order valence-electron chi connectivity index (χ1n) is 11.3. The SMILES string of the molecule is O=[N+]([O-])/C=C(/Nc1ccc(CCNC[C@H](O)c2cccnc2)cc1)Nc1ccc2ccccc2c1. The summed E-state index contributed by atoms with van der Waals surface area (Å²) in [6.07, 6.45) is 4.44. The van der Waals surface area contributed by atoms with Crippen LogP contribution in [0, 0.1) is 10.1 Å². The Balaban J connectivity index is 1.31. The number of anilines is 2. The third kappa shape index (κ3) is 7.10. The average molecular weight is 470 g/mol. The normalized spacial score (nSPS) is 12.3. The van der Waals surface area contributed by atoms with Gasteiger partial charge in [-0.1, -0.05) is 48.5 Å². The molecule has 1 aromatic heterocycles. The number of fused-ring (bicyclic) bond motifs is 1. The van der Waals surface area contributed by atoms with Crippen LogP contribution in [-0.2, 0) is 6.42 Å². The Bertz CT molecular complexity index is 1290. The largest absolute Gasteiger partial charge is 0.387 e. The number of nitrogens with one attached hydrogen (secondary N) is 3. The van der Waals surface area contributed by atoms with Gasteiger partial charge in [0.25, 0.3) is 6.20 Å². The maximum absolute atomic E-state index is 11.2. The van der Waals surface area contributed by atoms with Crippen molar-refractivity contribution in [2.24, 2.45) is 0 Å². The lowest BCUT2D eigenvalue weighted by molar-refractivity contribution is -0.403. The van der Waals surface area contributed by atoms with Crippen molar-refractivity contribution in [1.82, 2.24) is 10.3 Å². The van der Waals surface area contributed by atoms with Crippen LogP contribution in [0.25, 0.3) is 10.8 Å². The van der Waals surface area contributed by atoms with Gasteiger partial charge >= 0.3 is 0 Å². The summed E-state index contributed by atoms with van der Waals surface area (Å²) in [5.74, 6) is 0.268. The van der Waals surface area contributed by atoms with Gasteiger partial charge in [-0.3, -0.25) is 15.1 Å². The van der Waals surface area contributed by atoms with E-state index in [4.69, 9.17) is 0 Å². The summed E-state index contributed by atoms with van der Waals surface area (Å²) in [5.41, 5.74) is 3.38. The molecule has 0 unspecified atom stereocenters. The molecule has 0 aliphatic heterocycles. The van der Waals surface area contributed by atoms with E-state index in [0.717, 1.165) is 45.9 Å². The first-order chi connectivity index (χ1) is 17.1. The number of nitrogens with zero attached hydrogens (tertiary/aromatic N) is 2. The minimum Gasteiger partial charge on any atom is -0.387 e. The van der Waals surface area contributed by atoms with E-state index in [1.165, 1.54) is 0 Å². The Labute approximate surface area is 203 Å². The van der Waals surface area contributed by atoms with Crippen molar-refractivity contribution >= 4 is 22.1 Å². The molecule has 0 amide bonds. The van der Waals surface area contributed by atoms with Crippen LogP contribution in [0.1, 0.15) is 17.2 Å². The van der Waals surface area contributed by atoms with Gasteiger partial charge < -0.3 is 21.1 Å². The summed E-state index contributed by atoms with van der Waals surface area (Å²) in [6, 6.07) is 25.1. The van der Waals surface area contributed by atoms with Gasteiger partial charge in [-0.2, -0.15) is 0 Å². The van der Waals surface area contributed by atoms with Crippen LogP contribution in [0.2, 0.25) is 0 Å². The van der Waals surface area contributed by atoms with Crippen molar-refractivity contribution in [1.29, 1.82) is 0 Å². The number of aliphatic hydroxyl groups is 1. The van der Waals surface area contributed by atoms with E-state index in [1.807, 2.05) is 72.8 Å². The van der Waals surface area contributed by atoms with Gasteiger partial charge in [0.2, 0.25) is 0 Å². The smallest absolute Gasteiger partial charge is 0.274 e. The maximum Gasteiger partial charge on any atom is 0.274 e. The Morgan fingerprint density at radius 3 is 2.46 bits per heavy atom. The van der Waals surface area contributed by atoms with Gasteiger partial charge in [-0.25, -0.2) is 0 Å². The lowest BCUT2D eigenvalue weighted by Gasteiger charge is -2.13. The maximum atomic E-state index is 11.2. The van der Waals surface area contributed by atoms with Crippen LogP contribution in [0.5, 0.6) is 0 Å². The third-order valence-corrected chi connectivity index (χ3v) is 5.49. The second kappa shape index (κ2) is 11.7. The van der Waals surface area contributed by atoms with Crippen LogP contribution in [0.3, 0.4) is 0 Å². The lowest BCUT2D eigenvalue weighted by atomic mass is 10.1. The molecule has 0 saturated heterocycles. The molecule has 8 nitrogen and oxygen atoms in total. The standard InChI is InChI=1S/C27H27N5O3/c33-26(23-6-3-14-28-17-23)18-29-15-13-20-7-10-24(11-8-20)30-27(19-32(34)35)31-25-12-9-21-4-1-2-5-22(21)16-25/h1-12,14,16-17,19,26,29-31,33H,13,15,18H2/b27-19-/t26-/m0/s1. The van der Waals surface area contributed by atoms with Gasteiger partial charge in [-0.05, 0) is 59.6 Å². The molecule has 1 heterocycles. The molecule has 0 aliphatic rings. The fourth-order valence-electron chi connectivity index (χ4n) is 3.70. The average Bonchev–Trinajstić information content (AvgIpc) is 2.87. The van der Waals surface area contributed by atoms with E-state index in [2.05, 4.69) is 20.9 Å². The predicted octanol–water partition coefficient (Wildman–Crippen LogP) is 4.70. The van der Waals surface area contributed by atoms with Gasteiger partial charge in [0, 0.05) is 35.9 Å². The molecule has 3 aromatic carbocycles.